The fourth-order valence-electron chi connectivity index (χ4n) is 2.33. The molecule has 3 nitrogen and oxygen atoms in total. The summed E-state index contributed by atoms with van der Waals surface area (Å²) in [5.41, 5.74) is 2.45. The molecule has 104 valence electrons. The smallest absolute Gasteiger partial charge is 0.207 e. The molecule has 1 aliphatic heterocycles. The second-order valence-corrected chi connectivity index (χ2v) is 5.05. The first-order chi connectivity index (χ1) is 9.24. The fraction of sp³-hybridized carbons (Fsp3) is 0.562. The predicted octanol–water partition coefficient (Wildman–Crippen LogP) is 3.32. The zero-order valence-corrected chi connectivity index (χ0v) is 11.8. The van der Waals surface area contributed by atoms with Gasteiger partial charge in [-0.1, -0.05) is 32.8 Å². The van der Waals surface area contributed by atoms with E-state index in [1.54, 1.807) is 0 Å². The van der Waals surface area contributed by atoms with Crippen LogP contribution in [0.15, 0.2) is 12.1 Å². The van der Waals surface area contributed by atoms with Gasteiger partial charge in [-0.3, -0.25) is 4.79 Å². The molecule has 0 radical (unpaired) electrons. The molecule has 0 unspecified atom stereocenters. The number of carbonyl (C=O) groups excluding carboxylic acids is 1. The van der Waals surface area contributed by atoms with E-state index >= 15 is 0 Å². The monoisotopic (exact) mass is 262 g/mol. The highest BCUT2D eigenvalue weighted by molar-refractivity contribution is 5.82. The number of benzene rings is 1. The molecule has 0 atom stereocenters. The molecule has 0 aliphatic carbocycles. The number of hydrogen-bond acceptors (Lipinski definition) is 3. The van der Waals surface area contributed by atoms with Gasteiger partial charge >= 0.3 is 0 Å². The Labute approximate surface area is 114 Å². The van der Waals surface area contributed by atoms with Gasteiger partial charge in [-0.25, -0.2) is 0 Å². The molecule has 0 N–H and O–H groups in total. The Bertz CT molecular complexity index is 452. The standard InChI is InChI=1S/C16H22O3/c1-3-5-7-12-8-13(6-4-2)16-15(9-12)18-10-14(17)11-19-16/h8-9H,3-7,10-11H2,1-2H3. The molecule has 0 fully saturated rings. The Morgan fingerprint density at radius 1 is 1.05 bits per heavy atom. The zero-order valence-electron chi connectivity index (χ0n) is 11.8. The van der Waals surface area contributed by atoms with Crippen LogP contribution >= 0.6 is 0 Å². The lowest BCUT2D eigenvalue weighted by Crippen LogP contribution is -2.15. The summed E-state index contributed by atoms with van der Waals surface area (Å²) in [5, 5.41) is 0. The zero-order chi connectivity index (χ0) is 13.7. The van der Waals surface area contributed by atoms with Crippen LogP contribution < -0.4 is 9.47 Å². The van der Waals surface area contributed by atoms with Gasteiger partial charge in [0.2, 0.25) is 5.78 Å². The van der Waals surface area contributed by atoms with E-state index in [-0.39, 0.29) is 19.0 Å². The van der Waals surface area contributed by atoms with Gasteiger partial charge in [-0.2, -0.15) is 0 Å². The summed E-state index contributed by atoms with van der Waals surface area (Å²) in [6.45, 7) is 4.58. The van der Waals surface area contributed by atoms with Crippen LogP contribution in [-0.2, 0) is 17.6 Å². The summed E-state index contributed by atoms with van der Waals surface area (Å²) in [5.74, 6) is 1.50. The third kappa shape index (κ3) is 3.49. The lowest BCUT2D eigenvalue weighted by Gasteiger charge is -2.14. The average Bonchev–Trinajstić information content (AvgIpc) is 2.59. The van der Waals surface area contributed by atoms with E-state index in [1.165, 1.54) is 24.0 Å². The highest BCUT2D eigenvalue weighted by atomic mass is 16.5. The third-order valence-corrected chi connectivity index (χ3v) is 3.30. The number of rotatable bonds is 5. The quantitative estimate of drug-likeness (QED) is 0.816. The first-order valence-corrected chi connectivity index (χ1v) is 7.17. The number of ether oxygens (including phenoxy) is 2. The van der Waals surface area contributed by atoms with Gasteiger partial charge in [0.25, 0.3) is 0 Å². The van der Waals surface area contributed by atoms with E-state index in [4.69, 9.17) is 9.47 Å². The van der Waals surface area contributed by atoms with Crippen LogP contribution in [0.2, 0.25) is 0 Å². The molecule has 0 spiro atoms. The second kappa shape index (κ2) is 6.60. The van der Waals surface area contributed by atoms with Crippen LogP contribution in [0.4, 0.5) is 0 Å². The van der Waals surface area contributed by atoms with E-state index in [2.05, 4.69) is 19.9 Å². The van der Waals surface area contributed by atoms with Crippen molar-refractivity contribution in [1.82, 2.24) is 0 Å². The van der Waals surface area contributed by atoms with Gasteiger partial charge in [0.1, 0.15) is 0 Å². The number of aryl methyl sites for hydroxylation is 2. The summed E-state index contributed by atoms with van der Waals surface area (Å²) in [6.07, 6.45) is 5.42. The van der Waals surface area contributed by atoms with E-state index in [0.717, 1.165) is 30.8 Å². The van der Waals surface area contributed by atoms with Gasteiger partial charge in [0.15, 0.2) is 24.7 Å². The largest absolute Gasteiger partial charge is 0.482 e. The first-order valence-electron chi connectivity index (χ1n) is 7.17. The normalized spacial score (nSPS) is 14.3. The Morgan fingerprint density at radius 2 is 1.84 bits per heavy atom. The third-order valence-electron chi connectivity index (χ3n) is 3.30. The van der Waals surface area contributed by atoms with Crippen molar-refractivity contribution in [2.45, 2.75) is 46.0 Å². The lowest BCUT2D eigenvalue weighted by molar-refractivity contribution is -0.122. The minimum atomic E-state index is -0.00578. The Balaban J connectivity index is 2.31. The number of fused-ring (bicyclic) bond motifs is 1. The summed E-state index contributed by atoms with van der Waals surface area (Å²) >= 11 is 0. The molecule has 1 aromatic rings. The lowest BCUT2D eigenvalue weighted by atomic mass is 10.0. The van der Waals surface area contributed by atoms with E-state index in [9.17, 15) is 4.79 Å². The van der Waals surface area contributed by atoms with Crippen molar-refractivity contribution in [3.63, 3.8) is 0 Å². The fourth-order valence-corrected chi connectivity index (χ4v) is 2.33. The maximum absolute atomic E-state index is 11.4. The summed E-state index contributed by atoms with van der Waals surface area (Å²) in [7, 11) is 0. The van der Waals surface area contributed by atoms with Gasteiger partial charge in [-0.15, -0.1) is 0 Å². The summed E-state index contributed by atoms with van der Waals surface area (Å²) in [4.78, 5) is 11.4. The van der Waals surface area contributed by atoms with Gasteiger partial charge < -0.3 is 9.47 Å². The van der Waals surface area contributed by atoms with Crippen LogP contribution in [-0.4, -0.2) is 19.0 Å². The van der Waals surface area contributed by atoms with Crippen molar-refractivity contribution in [2.75, 3.05) is 13.2 Å². The maximum Gasteiger partial charge on any atom is 0.207 e. The minimum Gasteiger partial charge on any atom is -0.482 e. The number of ketones is 1. The Hall–Kier alpha value is -1.51. The minimum absolute atomic E-state index is 0.00578. The van der Waals surface area contributed by atoms with E-state index < -0.39 is 0 Å². The van der Waals surface area contributed by atoms with Crippen molar-refractivity contribution in [1.29, 1.82) is 0 Å². The number of hydrogen-bond donors (Lipinski definition) is 0. The molecular formula is C16H22O3. The van der Waals surface area contributed by atoms with Crippen molar-refractivity contribution >= 4 is 5.78 Å². The molecular weight excluding hydrogens is 240 g/mol. The van der Waals surface area contributed by atoms with Crippen molar-refractivity contribution in [3.8, 4) is 11.5 Å². The molecule has 0 saturated heterocycles. The number of Topliss-reactive ketones (excluding diaryl/α,β-unsaturated/α-hetero) is 1. The maximum atomic E-state index is 11.4. The van der Waals surface area contributed by atoms with Crippen LogP contribution in [0.1, 0.15) is 44.2 Å². The predicted molar refractivity (Wildman–Crippen MR) is 75.0 cm³/mol. The van der Waals surface area contributed by atoms with Gasteiger partial charge in [-0.05, 0) is 36.5 Å². The molecule has 1 aromatic carbocycles. The SMILES string of the molecule is CCCCc1cc(CCC)c2c(c1)OCC(=O)CO2. The second-order valence-electron chi connectivity index (χ2n) is 5.05. The molecule has 0 saturated carbocycles. The van der Waals surface area contributed by atoms with Crippen LogP contribution in [0.25, 0.3) is 0 Å². The molecule has 1 aliphatic rings. The van der Waals surface area contributed by atoms with Crippen LogP contribution in [0.3, 0.4) is 0 Å². The molecule has 0 amide bonds. The highest BCUT2D eigenvalue weighted by Crippen LogP contribution is 2.35. The summed E-state index contributed by atoms with van der Waals surface area (Å²) in [6, 6.07) is 4.24. The van der Waals surface area contributed by atoms with Gasteiger partial charge in [0.05, 0.1) is 0 Å². The highest BCUT2D eigenvalue weighted by Gasteiger charge is 2.19. The molecule has 1 heterocycles. The Morgan fingerprint density at radius 3 is 2.58 bits per heavy atom. The Kier molecular flexibility index (Phi) is 4.83. The first kappa shape index (κ1) is 13.9. The van der Waals surface area contributed by atoms with Crippen LogP contribution in [0.5, 0.6) is 11.5 Å². The average molecular weight is 262 g/mol. The van der Waals surface area contributed by atoms with Gasteiger partial charge in [0, 0.05) is 0 Å². The van der Waals surface area contributed by atoms with Crippen molar-refractivity contribution in [2.24, 2.45) is 0 Å². The van der Waals surface area contributed by atoms with E-state index in [0.29, 0.717) is 0 Å². The molecule has 2 rings (SSSR count). The molecule has 0 bridgehead atoms. The van der Waals surface area contributed by atoms with E-state index in [1.807, 2.05) is 6.07 Å². The number of carbonyl (C=O) groups is 1. The topological polar surface area (TPSA) is 35.5 Å². The number of unbranched alkanes of at least 4 members (excludes halogenated alkanes) is 1. The van der Waals surface area contributed by atoms with Crippen molar-refractivity contribution in [3.05, 3.63) is 23.3 Å². The van der Waals surface area contributed by atoms with Crippen molar-refractivity contribution < 1.29 is 14.3 Å². The summed E-state index contributed by atoms with van der Waals surface area (Å²) < 4.78 is 11.2. The molecule has 0 aromatic heterocycles. The molecule has 3 heteroatoms. The van der Waals surface area contributed by atoms with Crippen LogP contribution in [0, 0.1) is 0 Å². The molecule has 19 heavy (non-hydrogen) atoms.